The number of phenols is 1. The summed E-state index contributed by atoms with van der Waals surface area (Å²) >= 11 is 13.3. The fourth-order valence-electron chi connectivity index (χ4n) is 2.05. The number of benzene rings is 2. The lowest BCUT2D eigenvalue weighted by atomic mass is 10.2. The van der Waals surface area contributed by atoms with E-state index in [0.29, 0.717) is 25.8 Å². The molecule has 1 saturated heterocycles. The standard InChI is InChI=1S/C17H12Cl2N2O2S/c1-21-16(23)15(8-10-2-3-11(18)9-14(10)19)24-17(21)20-12-4-6-13(22)7-5-12/h2-9,22H,1H3/b15-8-,20-17?. The zero-order valence-corrected chi connectivity index (χ0v) is 14.9. The van der Waals surface area contributed by atoms with Crippen molar-refractivity contribution in [2.75, 3.05) is 7.05 Å². The molecule has 1 aliphatic rings. The lowest BCUT2D eigenvalue weighted by molar-refractivity contribution is -0.121. The summed E-state index contributed by atoms with van der Waals surface area (Å²) in [5, 5.41) is 10.9. The molecule has 1 N–H and O–H groups in total. The first-order valence-corrected chi connectivity index (χ1v) is 8.51. The van der Waals surface area contributed by atoms with Gasteiger partial charge in [0, 0.05) is 17.1 Å². The molecule has 24 heavy (non-hydrogen) atoms. The van der Waals surface area contributed by atoms with Gasteiger partial charge in [0.2, 0.25) is 0 Å². The topological polar surface area (TPSA) is 52.9 Å². The minimum absolute atomic E-state index is 0.149. The molecule has 0 aliphatic carbocycles. The molecule has 1 heterocycles. The van der Waals surface area contributed by atoms with Crippen molar-refractivity contribution in [3.63, 3.8) is 0 Å². The van der Waals surface area contributed by atoms with Gasteiger partial charge in [-0.2, -0.15) is 0 Å². The number of halogens is 2. The van der Waals surface area contributed by atoms with Crippen molar-refractivity contribution in [2.45, 2.75) is 0 Å². The van der Waals surface area contributed by atoms with Crippen LogP contribution in [-0.2, 0) is 4.79 Å². The number of hydrogen-bond acceptors (Lipinski definition) is 4. The Labute approximate surface area is 153 Å². The van der Waals surface area contributed by atoms with E-state index in [2.05, 4.69) is 4.99 Å². The number of rotatable bonds is 2. The highest BCUT2D eigenvalue weighted by Gasteiger charge is 2.30. The number of thioether (sulfide) groups is 1. The van der Waals surface area contributed by atoms with E-state index in [4.69, 9.17) is 23.2 Å². The molecular formula is C17H12Cl2N2O2S. The van der Waals surface area contributed by atoms with Crippen LogP contribution in [-0.4, -0.2) is 28.1 Å². The minimum Gasteiger partial charge on any atom is -0.508 e. The van der Waals surface area contributed by atoms with Crippen LogP contribution in [0.3, 0.4) is 0 Å². The first kappa shape index (κ1) is 16.9. The van der Waals surface area contributed by atoms with Crippen molar-refractivity contribution >= 4 is 57.8 Å². The first-order valence-electron chi connectivity index (χ1n) is 6.94. The Morgan fingerprint density at radius 3 is 2.54 bits per heavy atom. The molecule has 1 aliphatic heterocycles. The van der Waals surface area contributed by atoms with E-state index >= 15 is 0 Å². The number of carbonyl (C=O) groups is 1. The van der Waals surface area contributed by atoms with Crippen molar-refractivity contribution in [1.82, 2.24) is 4.90 Å². The molecule has 0 saturated carbocycles. The van der Waals surface area contributed by atoms with Gasteiger partial charge in [-0.15, -0.1) is 0 Å². The van der Waals surface area contributed by atoms with Gasteiger partial charge in [-0.1, -0.05) is 29.3 Å². The fraction of sp³-hybridized carbons (Fsp3) is 0.0588. The average molecular weight is 379 g/mol. The summed E-state index contributed by atoms with van der Waals surface area (Å²) in [6.45, 7) is 0. The van der Waals surface area contributed by atoms with Gasteiger partial charge in [0.05, 0.1) is 10.6 Å². The molecule has 0 atom stereocenters. The summed E-state index contributed by atoms with van der Waals surface area (Å²) in [4.78, 5) is 18.8. The van der Waals surface area contributed by atoms with E-state index in [9.17, 15) is 9.90 Å². The highest BCUT2D eigenvalue weighted by atomic mass is 35.5. The second-order valence-corrected chi connectivity index (χ2v) is 6.90. The molecule has 0 spiro atoms. The van der Waals surface area contributed by atoms with E-state index in [1.807, 2.05) is 0 Å². The van der Waals surface area contributed by atoms with Crippen LogP contribution >= 0.6 is 35.0 Å². The number of carbonyl (C=O) groups excluding carboxylic acids is 1. The van der Waals surface area contributed by atoms with Crippen LogP contribution in [0.5, 0.6) is 5.75 Å². The van der Waals surface area contributed by atoms with E-state index in [1.165, 1.54) is 16.7 Å². The van der Waals surface area contributed by atoms with Crippen molar-refractivity contribution in [1.29, 1.82) is 0 Å². The number of nitrogens with zero attached hydrogens (tertiary/aromatic N) is 2. The second-order valence-electron chi connectivity index (χ2n) is 5.05. The lowest BCUT2D eigenvalue weighted by Gasteiger charge is -2.07. The second kappa shape index (κ2) is 6.89. The Bertz CT molecular complexity index is 863. The van der Waals surface area contributed by atoms with Crippen molar-refractivity contribution in [3.8, 4) is 5.75 Å². The Morgan fingerprint density at radius 2 is 1.88 bits per heavy atom. The van der Waals surface area contributed by atoms with Crippen LogP contribution in [0.1, 0.15) is 5.56 Å². The summed E-state index contributed by atoms with van der Waals surface area (Å²) < 4.78 is 0. The smallest absolute Gasteiger partial charge is 0.266 e. The van der Waals surface area contributed by atoms with Crippen LogP contribution in [0.2, 0.25) is 10.0 Å². The van der Waals surface area contributed by atoms with Gasteiger partial charge in [-0.25, -0.2) is 4.99 Å². The molecule has 2 aromatic carbocycles. The number of likely N-dealkylation sites (N-methyl/N-ethyl adjacent to an activating group) is 1. The van der Waals surface area contributed by atoms with Crippen LogP contribution in [0, 0.1) is 0 Å². The molecule has 1 fully saturated rings. The van der Waals surface area contributed by atoms with E-state index < -0.39 is 0 Å². The number of phenolic OH excluding ortho intramolecular Hbond substituents is 1. The Morgan fingerprint density at radius 1 is 1.17 bits per heavy atom. The largest absolute Gasteiger partial charge is 0.508 e. The Balaban J connectivity index is 1.91. The number of hydrogen-bond donors (Lipinski definition) is 1. The van der Waals surface area contributed by atoms with E-state index in [0.717, 1.165) is 5.56 Å². The van der Waals surface area contributed by atoms with Gasteiger partial charge in [0.15, 0.2) is 5.17 Å². The maximum absolute atomic E-state index is 12.4. The van der Waals surface area contributed by atoms with Gasteiger partial charge in [0.25, 0.3) is 5.91 Å². The summed E-state index contributed by atoms with van der Waals surface area (Å²) in [5.41, 5.74) is 1.37. The molecule has 122 valence electrons. The molecule has 0 radical (unpaired) electrons. The SMILES string of the molecule is CN1C(=O)/C(=C/c2ccc(Cl)cc2Cl)SC1=Nc1ccc(O)cc1. The summed E-state index contributed by atoms with van der Waals surface area (Å²) in [7, 11) is 1.67. The maximum Gasteiger partial charge on any atom is 0.266 e. The molecule has 0 aromatic heterocycles. The van der Waals surface area contributed by atoms with Gasteiger partial charge < -0.3 is 5.11 Å². The third kappa shape index (κ3) is 3.59. The predicted molar refractivity (Wildman–Crippen MR) is 100 cm³/mol. The number of aliphatic imine (C=N–C) groups is 1. The zero-order valence-electron chi connectivity index (χ0n) is 12.5. The molecular weight excluding hydrogens is 367 g/mol. The highest BCUT2D eigenvalue weighted by Crippen LogP contribution is 2.34. The zero-order chi connectivity index (χ0) is 17.3. The third-order valence-corrected chi connectivity index (χ3v) is 4.95. The molecule has 4 nitrogen and oxygen atoms in total. The Hall–Kier alpha value is -1.95. The van der Waals surface area contributed by atoms with E-state index in [-0.39, 0.29) is 11.7 Å². The molecule has 0 bridgehead atoms. The lowest BCUT2D eigenvalue weighted by Crippen LogP contribution is -2.23. The molecule has 2 aromatic rings. The van der Waals surface area contributed by atoms with Crippen molar-refractivity contribution < 1.29 is 9.90 Å². The van der Waals surface area contributed by atoms with Crippen LogP contribution < -0.4 is 0 Å². The van der Waals surface area contributed by atoms with Crippen LogP contribution in [0.25, 0.3) is 6.08 Å². The Kier molecular flexibility index (Phi) is 4.85. The van der Waals surface area contributed by atoms with Gasteiger partial charge in [-0.05, 0) is 59.8 Å². The van der Waals surface area contributed by atoms with Crippen molar-refractivity contribution in [3.05, 3.63) is 63.0 Å². The number of amides is 1. The quantitative estimate of drug-likeness (QED) is 0.753. The maximum atomic E-state index is 12.4. The van der Waals surface area contributed by atoms with E-state index in [1.54, 1.807) is 55.6 Å². The van der Waals surface area contributed by atoms with Gasteiger partial charge in [0.1, 0.15) is 5.75 Å². The molecule has 7 heteroatoms. The predicted octanol–water partition coefficient (Wildman–Crippen LogP) is 4.93. The molecule has 1 amide bonds. The first-order chi connectivity index (χ1) is 11.4. The van der Waals surface area contributed by atoms with Gasteiger partial charge in [-0.3, -0.25) is 9.69 Å². The summed E-state index contributed by atoms with van der Waals surface area (Å²) in [5.74, 6) is 0.0176. The molecule has 3 rings (SSSR count). The van der Waals surface area contributed by atoms with Crippen molar-refractivity contribution in [2.24, 2.45) is 4.99 Å². The fourth-order valence-corrected chi connectivity index (χ4v) is 3.49. The summed E-state index contributed by atoms with van der Waals surface area (Å²) in [6, 6.07) is 11.6. The van der Waals surface area contributed by atoms with Gasteiger partial charge >= 0.3 is 0 Å². The highest BCUT2D eigenvalue weighted by molar-refractivity contribution is 8.18. The van der Waals surface area contributed by atoms with Crippen LogP contribution in [0.4, 0.5) is 5.69 Å². The monoisotopic (exact) mass is 378 g/mol. The normalized spacial score (nSPS) is 18.0. The average Bonchev–Trinajstić information content (AvgIpc) is 2.80. The number of aromatic hydroxyl groups is 1. The summed E-state index contributed by atoms with van der Waals surface area (Å²) in [6.07, 6.45) is 1.72. The van der Waals surface area contributed by atoms with Crippen LogP contribution in [0.15, 0.2) is 52.4 Å². The molecule has 0 unspecified atom stereocenters. The third-order valence-electron chi connectivity index (χ3n) is 3.33. The minimum atomic E-state index is -0.149. The number of amidine groups is 1.